The third-order valence-corrected chi connectivity index (χ3v) is 7.53. The van der Waals surface area contributed by atoms with Crippen molar-refractivity contribution in [1.82, 2.24) is 19.7 Å². The van der Waals surface area contributed by atoms with Gasteiger partial charge in [-0.15, -0.1) is 10.2 Å². The Balaban J connectivity index is 1.31. The summed E-state index contributed by atoms with van der Waals surface area (Å²) in [5, 5.41) is 10.8. The highest BCUT2D eigenvalue weighted by molar-refractivity contribution is 8.00. The number of rotatable bonds is 5. The van der Waals surface area contributed by atoms with Crippen molar-refractivity contribution in [2.24, 2.45) is 0 Å². The lowest BCUT2D eigenvalue weighted by Gasteiger charge is -2.25. The minimum absolute atomic E-state index is 0.131. The lowest BCUT2D eigenvalue weighted by molar-refractivity contribution is -0.118. The molecule has 2 aliphatic rings. The van der Waals surface area contributed by atoms with E-state index in [0.29, 0.717) is 6.04 Å². The number of aromatic amines is 1. The normalized spacial score (nSPS) is 18.8. The van der Waals surface area contributed by atoms with Gasteiger partial charge < -0.3 is 9.88 Å². The number of para-hydroxylation sites is 2. The van der Waals surface area contributed by atoms with E-state index in [4.69, 9.17) is 0 Å². The number of H-pyrrole nitrogens is 1. The number of benzene rings is 2. The summed E-state index contributed by atoms with van der Waals surface area (Å²) in [5.41, 5.74) is 4.44. The smallest absolute Gasteiger partial charge is 0.240 e. The van der Waals surface area contributed by atoms with Gasteiger partial charge in [-0.1, -0.05) is 48.2 Å². The molecule has 0 bridgehead atoms. The van der Waals surface area contributed by atoms with Gasteiger partial charge in [-0.05, 0) is 50.8 Å². The van der Waals surface area contributed by atoms with Gasteiger partial charge in [0.1, 0.15) is 0 Å². The molecule has 0 unspecified atom stereocenters. The second-order valence-electron chi connectivity index (χ2n) is 8.81. The molecular formula is C25H25N5OS. The van der Waals surface area contributed by atoms with E-state index in [2.05, 4.69) is 50.9 Å². The number of aromatic nitrogens is 4. The molecule has 1 saturated carbocycles. The van der Waals surface area contributed by atoms with Crippen molar-refractivity contribution in [1.29, 1.82) is 0 Å². The molecule has 3 heterocycles. The summed E-state index contributed by atoms with van der Waals surface area (Å²) in [5.74, 6) is 1.01. The van der Waals surface area contributed by atoms with Crippen LogP contribution in [0.25, 0.3) is 22.3 Å². The van der Waals surface area contributed by atoms with E-state index in [1.807, 2.05) is 42.3 Å². The molecule has 32 heavy (non-hydrogen) atoms. The average Bonchev–Trinajstić information content (AvgIpc) is 3.27. The molecule has 7 heteroatoms. The number of thioether (sulfide) groups is 1. The Hall–Kier alpha value is -3.06. The highest BCUT2D eigenvalue weighted by atomic mass is 32.2. The molecule has 0 radical (unpaired) electrons. The van der Waals surface area contributed by atoms with Crippen LogP contribution in [0.1, 0.15) is 38.3 Å². The summed E-state index contributed by atoms with van der Waals surface area (Å²) in [7, 11) is 0. The van der Waals surface area contributed by atoms with E-state index >= 15 is 0 Å². The third kappa shape index (κ3) is 3.14. The maximum absolute atomic E-state index is 13.5. The topological polar surface area (TPSA) is 66.8 Å². The third-order valence-electron chi connectivity index (χ3n) is 6.48. The molecule has 1 N–H and O–H groups in total. The van der Waals surface area contributed by atoms with Crippen LogP contribution in [0.4, 0.5) is 5.69 Å². The number of nitrogens with zero attached hydrogens (tertiary/aromatic N) is 4. The van der Waals surface area contributed by atoms with E-state index < -0.39 is 0 Å². The van der Waals surface area contributed by atoms with Crippen LogP contribution in [-0.4, -0.2) is 36.9 Å². The zero-order valence-corrected chi connectivity index (χ0v) is 19.0. The molecule has 1 aliphatic heterocycles. The fraction of sp³-hybridized carbons (Fsp3) is 0.320. The molecule has 2 atom stereocenters. The number of hydrogen-bond donors (Lipinski definition) is 1. The van der Waals surface area contributed by atoms with Gasteiger partial charge >= 0.3 is 0 Å². The summed E-state index contributed by atoms with van der Waals surface area (Å²) < 4.78 is 2.24. The van der Waals surface area contributed by atoms with Crippen LogP contribution in [0, 0.1) is 0 Å². The summed E-state index contributed by atoms with van der Waals surface area (Å²) in [4.78, 5) is 18.8. The van der Waals surface area contributed by atoms with E-state index in [1.54, 1.807) is 0 Å². The largest absolute Gasteiger partial charge is 0.360 e. The Morgan fingerprint density at radius 3 is 2.75 bits per heavy atom. The lowest BCUT2D eigenvalue weighted by Crippen LogP contribution is -2.40. The van der Waals surface area contributed by atoms with Crippen LogP contribution in [0.5, 0.6) is 0 Å². The number of amides is 1. The molecule has 0 spiro atoms. The first kappa shape index (κ1) is 19.6. The van der Waals surface area contributed by atoms with E-state index in [0.717, 1.165) is 52.4 Å². The van der Waals surface area contributed by atoms with Crippen LogP contribution in [0.3, 0.4) is 0 Å². The van der Waals surface area contributed by atoms with Gasteiger partial charge in [0.05, 0.1) is 5.25 Å². The summed E-state index contributed by atoms with van der Waals surface area (Å²) in [6, 6.07) is 17.1. The van der Waals surface area contributed by atoms with E-state index in [9.17, 15) is 4.79 Å². The van der Waals surface area contributed by atoms with Crippen molar-refractivity contribution in [2.75, 3.05) is 4.90 Å². The molecule has 4 aromatic rings. The second-order valence-corrected chi connectivity index (χ2v) is 10.1. The first-order valence-corrected chi connectivity index (χ1v) is 12.1. The minimum atomic E-state index is -0.249. The minimum Gasteiger partial charge on any atom is -0.360 e. The summed E-state index contributed by atoms with van der Waals surface area (Å²) in [6.07, 6.45) is 5.17. The van der Waals surface area contributed by atoms with Crippen LogP contribution < -0.4 is 4.90 Å². The van der Waals surface area contributed by atoms with Crippen LogP contribution in [0.15, 0.2) is 59.9 Å². The molecule has 2 aromatic heterocycles. The second kappa shape index (κ2) is 7.52. The molecule has 6 rings (SSSR count). The van der Waals surface area contributed by atoms with Gasteiger partial charge in [0, 0.05) is 40.4 Å². The Bertz CT molecular complexity index is 1320. The Kier molecular flexibility index (Phi) is 4.61. The molecule has 2 aromatic carbocycles. The van der Waals surface area contributed by atoms with Gasteiger partial charge in [-0.3, -0.25) is 9.36 Å². The standard InChI is InChI=1S/C25H25N5OS/c1-15-13-17-7-3-6-10-22(17)29(15)24(31)16(2)32-25-28-27-23(30(25)18-11-12-18)20-14-26-21-9-5-4-8-19(20)21/h3-10,14-16,18,26H,11-13H2,1-2H3/t15-,16+/m0/s1. The lowest BCUT2D eigenvalue weighted by atomic mass is 10.1. The van der Waals surface area contributed by atoms with Crippen LogP contribution >= 0.6 is 11.8 Å². The van der Waals surface area contributed by atoms with Gasteiger partial charge in [0.15, 0.2) is 11.0 Å². The Morgan fingerprint density at radius 1 is 1.12 bits per heavy atom. The molecule has 0 saturated heterocycles. The maximum atomic E-state index is 13.5. The monoisotopic (exact) mass is 443 g/mol. The van der Waals surface area contributed by atoms with Crippen molar-refractivity contribution < 1.29 is 4.79 Å². The number of carbonyl (C=O) groups excluding carboxylic acids is 1. The van der Waals surface area contributed by atoms with Gasteiger partial charge in [0.2, 0.25) is 5.91 Å². The SMILES string of the molecule is C[C@@H](Sc1nnc(-c2c[nH]c3ccccc23)n1C1CC1)C(=O)N1c2ccccc2C[C@@H]1C. The van der Waals surface area contributed by atoms with Crippen molar-refractivity contribution in [3.8, 4) is 11.4 Å². The molecule has 6 nitrogen and oxygen atoms in total. The predicted molar refractivity (Wildman–Crippen MR) is 128 cm³/mol. The van der Waals surface area contributed by atoms with Gasteiger partial charge in [-0.2, -0.15) is 0 Å². The molecule has 1 aliphatic carbocycles. The Labute approximate surface area is 191 Å². The fourth-order valence-electron chi connectivity index (χ4n) is 4.77. The van der Waals surface area contributed by atoms with Crippen molar-refractivity contribution in [2.45, 2.75) is 55.6 Å². The number of nitrogens with one attached hydrogen (secondary N) is 1. The molecule has 162 valence electrons. The first-order chi connectivity index (χ1) is 15.6. The number of anilines is 1. The maximum Gasteiger partial charge on any atom is 0.240 e. The van der Waals surface area contributed by atoms with Crippen molar-refractivity contribution in [3.63, 3.8) is 0 Å². The Morgan fingerprint density at radius 2 is 1.91 bits per heavy atom. The van der Waals surface area contributed by atoms with Gasteiger partial charge in [-0.25, -0.2) is 0 Å². The van der Waals surface area contributed by atoms with Gasteiger partial charge in [0.25, 0.3) is 0 Å². The predicted octanol–water partition coefficient (Wildman–Crippen LogP) is 5.22. The average molecular weight is 444 g/mol. The zero-order valence-electron chi connectivity index (χ0n) is 18.2. The van der Waals surface area contributed by atoms with Crippen molar-refractivity contribution >= 4 is 34.3 Å². The highest BCUT2D eigenvalue weighted by Gasteiger charge is 2.36. The summed E-state index contributed by atoms with van der Waals surface area (Å²) in [6.45, 7) is 4.11. The van der Waals surface area contributed by atoms with Crippen LogP contribution in [-0.2, 0) is 11.2 Å². The number of carbonyl (C=O) groups is 1. The quantitative estimate of drug-likeness (QED) is 0.430. The van der Waals surface area contributed by atoms with E-state index in [-0.39, 0.29) is 17.2 Å². The number of fused-ring (bicyclic) bond motifs is 2. The zero-order chi connectivity index (χ0) is 21.8. The van der Waals surface area contributed by atoms with Crippen LogP contribution in [0.2, 0.25) is 0 Å². The fourth-order valence-corrected chi connectivity index (χ4v) is 5.73. The van der Waals surface area contributed by atoms with E-state index in [1.165, 1.54) is 17.3 Å². The number of hydrogen-bond acceptors (Lipinski definition) is 4. The summed E-state index contributed by atoms with van der Waals surface area (Å²) >= 11 is 1.52. The van der Waals surface area contributed by atoms with Crippen molar-refractivity contribution in [3.05, 3.63) is 60.3 Å². The molecular weight excluding hydrogens is 418 g/mol. The molecule has 1 fully saturated rings. The molecule has 1 amide bonds. The first-order valence-electron chi connectivity index (χ1n) is 11.2. The highest BCUT2D eigenvalue weighted by Crippen LogP contribution is 2.43.